The Bertz CT molecular complexity index is 1160. The molecule has 0 saturated carbocycles. The third kappa shape index (κ3) is 6.50. The van der Waals surface area contributed by atoms with E-state index in [2.05, 4.69) is 10.4 Å². The normalized spacial score (nSPS) is 17.2. The van der Waals surface area contributed by atoms with E-state index in [0.717, 1.165) is 25.9 Å². The van der Waals surface area contributed by atoms with Crippen molar-refractivity contribution in [3.05, 3.63) is 54.1 Å². The van der Waals surface area contributed by atoms with E-state index in [9.17, 15) is 18.4 Å². The van der Waals surface area contributed by atoms with Gasteiger partial charge in [0.2, 0.25) is 5.88 Å². The first-order valence-corrected chi connectivity index (χ1v) is 10.8. The number of aromatic nitrogens is 2. The fraction of sp³-hybridized carbons (Fsp3) is 0.348. The molecule has 35 heavy (non-hydrogen) atoms. The Hall–Kier alpha value is -3.61. The van der Waals surface area contributed by atoms with Gasteiger partial charge in [-0.05, 0) is 49.7 Å². The molecule has 0 bridgehead atoms. The van der Waals surface area contributed by atoms with Gasteiger partial charge >= 0.3 is 11.9 Å². The summed E-state index contributed by atoms with van der Waals surface area (Å²) in [7, 11) is 0. The van der Waals surface area contributed by atoms with Gasteiger partial charge in [-0.3, -0.25) is 0 Å². The molecular formula is C23H25F2N3O7. The van der Waals surface area contributed by atoms with E-state index in [1.54, 1.807) is 24.3 Å². The molecule has 0 aliphatic carbocycles. The maximum atomic E-state index is 14.2. The second kappa shape index (κ2) is 11.7. The van der Waals surface area contributed by atoms with Crippen molar-refractivity contribution >= 4 is 22.8 Å². The highest BCUT2D eigenvalue weighted by Crippen LogP contribution is 2.29. The van der Waals surface area contributed by atoms with Crippen LogP contribution >= 0.6 is 0 Å². The van der Waals surface area contributed by atoms with E-state index < -0.39 is 24.1 Å². The topological polar surface area (TPSA) is 154 Å². The van der Waals surface area contributed by atoms with Crippen molar-refractivity contribution in [2.45, 2.75) is 25.0 Å². The number of carbonyl (C=O) groups is 2. The summed E-state index contributed by atoms with van der Waals surface area (Å²) < 4.78 is 35.3. The van der Waals surface area contributed by atoms with E-state index in [0.29, 0.717) is 35.0 Å². The van der Waals surface area contributed by atoms with Crippen molar-refractivity contribution in [1.29, 1.82) is 0 Å². The number of nitrogens with zero attached hydrogens (tertiary/aromatic N) is 2. The third-order valence-electron chi connectivity index (χ3n) is 5.35. The Morgan fingerprint density at radius 3 is 2.40 bits per heavy atom. The molecule has 0 amide bonds. The lowest BCUT2D eigenvalue weighted by Crippen LogP contribution is -2.39. The summed E-state index contributed by atoms with van der Waals surface area (Å²) in [5.41, 5.74) is 0.927. The van der Waals surface area contributed by atoms with Crippen LogP contribution in [0.3, 0.4) is 0 Å². The maximum Gasteiger partial charge on any atom is 0.335 e. The highest BCUT2D eigenvalue weighted by atomic mass is 19.1. The first-order chi connectivity index (χ1) is 16.7. The zero-order valence-electron chi connectivity index (χ0n) is 18.5. The molecule has 5 N–H and O–H groups in total. The van der Waals surface area contributed by atoms with Crippen LogP contribution in [0.25, 0.3) is 16.6 Å². The van der Waals surface area contributed by atoms with Crippen LogP contribution in [0.1, 0.15) is 12.8 Å². The number of hydrogen-bond donors (Lipinski definition) is 5. The Labute approximate surface area is 198 Å². The monoisotopic (exact) mass is 493 g/mol. The second-order valence-corrected chi connectivity index (χ2v) is 7.92. The quantitative estimate of drug-likeness (QED) is 0.330. The maximum absolute atomic E-state index is 14.2. The first-order valence-electron chi connectivity index (χ1n) is 10.8. The first kappa shape index (κ1) is 26.0. The molecule has 12 heteroatoms. The molecule has 2 aromatic carbocycles. The smallest absolute Gasteiger partial charge is 0.335 e. The van der Waals surface area contributed by atoms with Crippen LogP contribution in [-0.4, -0.2) is 74.0 Å². The van der Waals surface area contributed by atoms with Crippen molar-refractivity contribution in [1.82, 2.24) is 15.1 Å². The average molecular weight is 493 g/mol. The van der Waals surface area contributed by atoms with E-state index in [1.807, 2.05) is 0 Å². The van der Waals surface area contributed by atoms with E-state index in [4.69, 9.17) is 25.2 Å². The highest BCUT2D eigenvalue weighted by Gasteiger charge is 2.29. The van der Waals surface area contributed by atoms with Crippen LogP contribution in [0.2, 0.25) is 0 Å². The average Bonchev–Trinajstić information content (AvgIpc) is 3.20. The number of fused-ring (bicyclic) bond motifs is 1. The standard InChI is InChI=1S/C19H19F2N3O.C4H6O6/c20-14-7-8-17-15(10-14)19(25-12-13-4-3-9-22-11-13)23-24(17)18-6-2-1-5-16(18)21;5-1(3(7)8)2(6)4(9)10/h1-2,5-8,10,13,22H,3-4,9,11-12H2;1-2,5-6H,(H,7,8)(H,9,10)/t13-;1-,2-/m10/s1. The van der Waals surface area contributed by atoms with Gasteiger partial charge in [0.1, 0.15) is 17.3 Å². The number of aliphatic hydroxyl groups excluding tert-OH is 2. The van der Waals surface area contributed by atoms with Crippen LogP contribution in [0.5, 0.6) is 5.88 Å². The number of carboxylic acid groups (broad SMARTS) is 2. The van der Waals surface area contributed by atoms with E-state index >= 15 is 0 Å². The van der Waals surface area contributed by atoms with Crippen molar-refractivity contribution < 1.29 is 43.5 Å². The Morgan fingerprint density at radius 1 is 1.11 bits per heavy atom. The van der Waals surface area contributed by atoms with Gasteiger partial charge in [0.15, 0.2) is 12.2 Å². The number of ether oxygens (including phenoxy) is 1. The molecular weight excluding hydrogens is 468 g/mol. The van der Waals surface area contributed by atoms with Gasteiger partial charge in [-0.15, -0.1) is 5.10 Å². The lowest BCUT2D eigenvalue weighted by Gasteiger charge is -2.22. The molecule has 1 saturated heterocycles. The molecule has 4 rings (SSSR count). The third-order valence-corrected chi connectivity index (χ3v) is 5.35. The van der Waals surface area contributed by atoms with E-state index in [-0.39, 0.29) is 11.6 Å². The number of nitrogens with one attached hydrogen (secondary N) is 1. The number of aliphatic carboxylic acids is 2. The lowest BCUT2D eigenvalue weighted by atomic mass is 10.0. The zero-order chi connectivity index (χ0) is 25.5. The molecule has 0 spiro atoms. The zero-order valence-corrected chi connectivity index (χ0v) is 18.5. The Morgan fingerprint density at radius 2 is 1.80 bits per heavy atom. The van der Waals surface area contributed by atoms with Gasteiger partial charge in [-0.25, -0.2) is 23.1 Å². The number of benzene rings is 2. The number of rotatable bonds is 7. The highest BCUT2D eigenvalue weighted by molar-refractivity contribution is 5.86. The number of para-hydroxylation sites is 1. The van der Waals surface area contributed by atoms with Crippen LogP contribution in [-0.2, 0) is 9.59 Å². The summed E-state index contributed by atoms with van der Waals surface area (Å²) >= 11 is 0. The molecule has 1 aliphatic rings. The summed E-state index contributed by atoms with van der Waals surface area (Å²) in [5, 5.41) is 40.8. The van der Waals surface area contributed by atoms with Gasteiger partial charge in [-0.2, -0.15) is 0 Å². The molecule has 3 aromatic rings. The van der Waals surface area contributed by atoms with Gasteiger partial charge < -0.3 is 30.5 Å². The van der Waals surface area contributed by atoms with Crippen molar-refractivity contribution in [2.24, 2.45) is 5.92 Å². The summed E-state index contributed by atoms with van der Waals surface area (Å²) in [5.74, 6) is -3.56. The van der Waals surface area contributed by atoms with Crippen LogP contribution < -0.4 is 10.1 Å². The minimum Gasteiger partial charge on any atom is -0.479 e. The van der Waals surface area contributed by atoms with Gasteiger partial charge in [0.05, 0.1) is 17.5 Å². The summed E-state index contributed by atoms with van der Waals surface area (Å²) in [4.78, 5) is 19.5. The van der Waals surface area contributed by atoms with Crippen LogP contribution in [0.15, 0.2) is 42.5 Å². The number of carboxylic acids is 2. The molecule has 1 aliphatic heterocycles. The van der Waals surface area contributed by atoms with Gasteiger partial charge in [0.25, 0.3) is 0 Å². The fourth-order valence-electron chi connectivity index (χ4n) is 3.51. The molecule has 1 aromatic heterocycles. The fourth-order valence-corrected chi connectivity index (χ4v) is 3.51. The van der Waals surface area contributed by atoms with Crippen molar-refractivity contribution in [3.63, 3.8) is 0 Å². The molecule has 1 fully saturated rings. The number of aliphatic hydroxyl groups is 2. The van der Waals surface area contributed by atoms with Crippen molar-refractivity contribution in [3.8, 4) is 11.6 Å². The van der Waals surface area contributed by atoms with Crippen molar-refractivity contribution in [2.75, 3.05) is 19.7 Å². The molecule has 188 valence electrons. The predicted octanol–water partition coefficient (Wildman–Crippen LogP) is 1.56. The minimum atomic E-state index is -2.27. The van der Waals surface area contributed by atoms with Crippen LogP contribution in [0.4, 0.5) is 8.78 Å². The molecule has 10 nitrogen and oxygen atoms in total. The van der Waals surface area contributed by atoms with Gasteiger partial charge in [0, 0.05) is 12.5 Å². The summed E-state index contributed by atoms with van der Waals surface area (Å²) in [6.07, 6.45) is -2.32. The Kier molecular flexibility index (Phi) is 8.68. The number of piperidine rings is 1. The SMILES string of the molecule is Fc1ccc2c(c1)c(OC[C@@H]1CCCNC1)nn2-c1ccccc1F.O=C(O)[C@@H](O)[C@H](O)C(=O)O. The van der Waals surface area contributed by atoms with Crippen LogP contribution in [0, 0.1) is 17.6 Å². The lowest BCUT2D eigenvalue weighted by molar-refractivity contribution is -0.165. The molecule has 3 atom stereocenters. The van der Waals surface area contributed by atoms with Gasteiger partial charge in [-0.1, -0.05) is 12.1 Å². The van der Waals surface area contributed by atoms with E-state index in [1.165, 1.54) is 22.9 Å². The predicted molar refractivity (Wildman–Crippen MR) is 119 cm³/mol. The summed E-state index contributed by atoms with van der Waals surface area (Å²) in [6, 6.07) is 10.7. The molecule has 0 radical (unpaired) electrons. The minimum absolute atomic E-state index is 0.313. The Balaban J connectivity index is 0.000000292. The number of hydrogen-bond acceptors (Lipinski definition) is 7. The largest absolute Gasteiger partial charge is 0.479 e. The molecule has 2 heterocycles. The molecule has 0 unspecified atom stereocenters. The summed E-state index contributed by atoms with van der Waals surface area (Å²) in [6.45, 7) is 2.44. The number of halogens is 2. The second-order valence-electron chi connectivity index (χ2n) is 7.92.